The fourth-order valence-corrected chi connectivity index (χ4v) is 4.12. The predicted molar refractivity (Wildman–Crippen MR) is 74.5 cm³/mol. The third-order valence-electron chi connectivity index (χ3n) is 3.76. The molecule has 3 rings (SSSR count). The highest BCUT2D eigenvalue weighted by Crippen LogP contribution is 2.28. The van der Waals surface area contributed by atoms with Crippen LogP contribution in [0.5, 0.6) is 0 Å². The van der Waals surface area contributed by atoms with Gasteiger partial charge in [-0.1, -0.05) is 6.07 Å². The van der Waals surface area contributed by atoms with Crippen molar-refractivity contribution in [2.24, 2.45) is 0 Å². The van der Waals surface area contributed by atoms with Crippen LogP contribution in [0.4, 0.5) is 5.82 Å². The number of aromatic nitrogens is 1. The summed E-state index contributed by atoms with van der Waals surface area (Å²) in [6.45, 7) is 1.71. The Kier molecular flexibility index (Phi) is 3.45. The summed E-state index contributed by atoms with van der Waals surface area (Å²) < 4.78 is 26.6. The molecule has 0 aromatic carbocycles. The Labute approximate surface area is 114 Å². The number of pyridine rings is 1. The zero-order valence-electron chi connectivity index (χ0n) is 10.8. The van der Waals surface area contributed by atoms with Crippen molar-refractivity contribution in [1.82, 2.24) is 9.71 Å². The average molecular weight is 281 g/mol. The highest BCUT2D eigenvalue weighted by Gasteiger charge is 2.37. The number of hydrogen-bond donors (Lipinski definition) is 1. The Hall–Kier alpha value is -1.14. The van der Waals surface area contributed by atoms with Crippen molar-refractivity contribution < 1.29 is 8.42 Å². The monoisotopic (exact) mass is 281 g/mol. The van der Waals surface area contributed by atoms with Gasteiger partial charge in [-0.2, -0.15) is 0 Å². The molecule has 0 unspecified atom stereocenters. The van der Waals surface area contributed by atoms with Gasteiger partial charge in [0.25, 0.3) is 0 Å². The van der Waals surface area contributed by atoms with Gasteiger partial charge >= 0.3 is 0 Å². The van der Waals surface area contributed by atoms with E-state index in [-0.39, 0.29) is 11.3 Å². The Balaban J connectivity index is 1.55. The molecule has 1 saturated heterocycles. The third-order valence-corrected chi connectivity index (χ3v) is 5.77. The summed E-state index contributed by atoms with van der Waals surface area (Å²) in [6, 6.07) is 5.96. The fraction of sp³-hybridized carbons (Fsp3) is 0.615. The Morgan fingerprint density at radius 1 is 1.16 bits per heavy atom. The van der Waals surface area contributed by atoms with Gasteiger partial charge in [-0.15, -0.1) is 0 Å². The second-order valence-electron chi connectivity index (χ2n) is 5.31. The molecule has 1 aliphatic heterocycles. The van der Waals surface area contributed by atoms with Crippen molar-refractivity contribution >= 4 is 15.8 Å². The van der Waals surface area contributed by atoms with E-state index in [2.05, 4.69) is 14.6 Å². The van der Waals surface area contributed by atoms with Crippen molar-refractivity contribution in [3.8, 4) is 0 Å². The number of sulfonamides is 1. The zero-order chi connectivity index (χ0) is 13.3. The molecular weight excluding hydrogens is 262 g/mol. The van der Waals surface area contributed by atoms with Crippen LogP contribution in [0.3, 0.4) is 0 Å². The van der Waals surface area contributed by atoms with Crippen molar-refractivity contribution in [3.05, 3.63) is 24.4 Å². The predicted octanol–water partition coefficient (Wildman–Crippen LogP) is 1.13. The molecule has 0 bridgehead atoms. The van der Waals surface area contributed by atoms with Gasteiger partial charge in [0.1, 0.15) is 5.82 Å². The van der Waals surface area contributed by atoms with Crippen LogP contribution in [0.25, 0.3) is 0 Å². The topological polar surface area (TPSA) is 62.3 Å². The SMILES string of the molecule is O=S(=O)(NC1CCN(c2ccccn2)CC1)C1CC1. The smallest absolute Gasteiger partial charge is 0.214 e. The van der Waals surface area contributed by atoms with E-state index >= 15 is 0 Å². The van der Waals surface area contributed by atoms with Crippen molar-refractivity contribution in [2.75, 3.05) is 18.0 Å². The summed E-state index contributed by atoms with van der Waals surface area (Å²) >= 11 is 0. The highest BCUT2D eigenvalue weighted by atomic mass is 32.2. The zero-order valence-corrected chi connectivity index (χ0v) is 11.6. The van der Waals surface area contributed by atoms with Crippen LogP contribution in [-0.4, -0.2) is 37.8 Å². The van der Waals surface area contributed by atoms with E-state index in [0.29, 0.717) is 0 Å². The second-order valence-corrected chi connectivity index (χ2v) is 7.30. The first-order chi connectivity index (χ1) is 9.15. The molecule has 104 valence electrons. The number of anilines is 1. The van der Waals surface area contributed by atoms with E-state index in [0.717, 1.165) is 44.6 Å². The average Bonchev–Trinajstić information content (AvgIpc) is 3.25. The van der Waals surface area contributed by atoms with E-state index in [1.807, 2.05) is 18.2 Å². The van der Waals surface area contributed by atoms with Gasteiger partial charge < -0.3 is 4.90 Å². The fourth-order valence-electron chi connectivity index (χ4n) is 2.47. The molecule has 6 heteroatoms. The molecule has 2 heterocycles. The van der Waals surface area contributed by atoms with Gasteiger partial charge in [0.15, 0.2) is 0 Å². The molecule has 2 fully saturated rings. The molecule has 19 heavy (non-hydrogen) atoms. The molecule has 0 atom stereocenters. The van der Waals surface area contributed by atoms with Gasteiger partial charge in [0.2, 0.25) is 10.0 Å². The summed E-state index contributed by atoms with van der Waals surface area (Å²) in [4.78, 5) is 6.54. The largest absolute Gasteiger partial charge is 0.357 e. The maximum atomic E-state index is 11.9. The maximum absolute atomic E-state index is 11.9. The van der Waals surface area contributed by atoms with Crippen LogP contribution in [0.1, 0.15) is 25.7 Å². The molecular formula is C13H19N3O2S. The standard InChI is InChI=1S/C13H19N3O2S/c17-19(18,12-4-5-12)15-11-6-9-16(10-7-11)13-3-1-2-8-14-13/h1-3,8,11-12,15H,4-7,9-10H2. The van der Waals surface area contributed by atoms with Crippen LogP contribution in [0.15, 0.2) is 24.4 Å². The molecule has 1 aromatic heterocycles. The Morgan fingerprint density at radius 2 is 1.89 bits per heavy atom. The molecule has 1 aromatic rings. The van der Waals surface area contributed by atoms with Crippen LogP contribution in [-0.2, 0) is 10.0 Å². The summed E-state index contributed by atoms with van der Waals surface area (Å²) in [5.74, 6) is 0.978. The van der Waals surface area contributed by atoms with E-state index in [9.17, 15) is 8.42 Å². The normalized spacial score (nSPS) is 21.6. The lowest BCUT2D eigenvalue weighted by atomic mass is 10.1. The summed E-state index contributed by atoms with van der Waals surface area (Å²) in [5, 5.41) is -0.124. The van der Waals surface area contributed by atoms with E-state index in [4.69, 9.17) is 0 Å². The minimum absolute atomic E-state index is 0.0885. The van der Waals surface area contributed by atoms with Crippen LogP contribution >= 0.6 is 0 Å². The van der Waals surface area contributed by atoms with Gasteiger partial charge in [-0.3, -0.25) is 0 Å². The summed E-state index contributed by atoms with van der Waals surface area (Å²) in [7, 11) is -3.05. The molecule has 0 amide bonds. The number of rotatable bonds is 4. The molecule has 1 saturated carbocycles. The van der Waals surface area contributed by atoms with Crippen molar-refractivity contribution in [1.29, 1.82) is 0 Å². The quantitative estimate of drug-likeness (QED) is 0.899. The number of nitrogens with zero attached hydrogens (tertiary/aromatic N) is 2. The molecule has 1 aliphatic carbocycles. The van der Waals surface area contributed by atoms with E-state index in [1.165, 1.54) is 0 Å². The third kappa shape index (κ3) is 3.06. The first-order valence-electron chi connectivity index (χ1n) is 6.82. The molecule has 0 spiro atoms. The molecule has 1 N–H and O–H groups in total. The van der Waals surface area contributed by atoms with Crippen LogP contribution in [0, 0.1) is 0 Å². The minimum atomic E-state index is -3.05. The molecule has 2 aliphatic rings. The first kappa shape index (κ1) is 12.9. The van der Waals surface area contributed by atoms with E-state index in [1.54, 1.807) is 6.20 Å². The number of nitrogens with one attached hydrogen (secondary N) is 1. The van der Waals surface area contributed by atoms with Crippen molar-refractivity contribution in [3.63, 3.8) is 0 Å². The first-order valence-corrected chi connectivity index (χ1v) is 8.37. The van der Waals surface area contributed by atoms with Crippen LogP contribution < -0.4 is 9.62 Å². The summed E-state index contributed by atoms with van der Waals surface area (Å²) in [5.41, 5.74) is 0. The Morgan fingerprint density at radius 3 is 2.47 bits per heavy atom. The minimum Gasteiger partial charge on any atom is -0.357 e. The second kappa shape index (κ2) is 5.09. The van der Waals surface area contributed by atoms with Crippen molar-refractivity contribution in [2.45, 2.75) is 37.0 Å². The van der Waals surface area contributed by atoms with E-state index < -0.39 is 10.0 Å². The van der Waals surface area contributed by atoms with Gasteiger partial charge in [0, 0.05) is 25.3 Å². The number of piperidine rings is 1. The Bertz CT molecular complexity index is 520. The summed E-state index contributed by atoms with van der Waals surface area (Å²) in [6.07, 6.45) is 5.13. The van der Waals surface area contributed by atoms with Gasteiger partial charge in [0.05, 0.1) is 5.25 Å². The highest BCUT2D eigenvalue weighted by molar-refractivity contribution is 7.90. The lowest BCUT2D eigenvalue weighted by molar-refractivity contribution is 0.458. The molecule has 0 radical (unpaired) electrons. The van der Waals surface area contributed by atoms with Gasteiger partial charge in [-0.25, -0.2) is 18.1 Å². The van der Waals surface area contributed by atoms with Gasteiger partial charge in [-0.05, 0) is 37.8 Å². The number of hydrogen-bond acceptors (Lipinski definition) is 4. The van der Waals surface area contributed by atoms with Crippen LogP contribution in [0.2, 0.25) is 0 Å². The lowest BCUT2D eigenvalue weighted by Crippen LogP contribution is -2.45. The lowest BCUT2D eigenvalue weighted by Gasteiger charge is -2.33. The molecule has 5 nitrogen and oxygen atoms in total. The maximum Gasteiger partial charge on any atom is 0.214 e.